The van der Waals surface area contributed by atoms with Gasteiger partial charge in [-0.1, -0.05) is 18.5 Å². The predicted molar refractivity (Wildman–Crippen MR) is 78.5 cm³/mol. The highest BCUT2D eigenvalue weighted by Crippen LogP contribution is 2.24. The highest BCUT2D eigenvalue weighted by Gasteiger charge is 2.19. The van der Waals surface area contributed by atoms with Gasteiger partial charge in [0.15, 0.2) is 0 Å². The Balaban J connectivity index is 2.17. The Bertz CT molecular complexity index is 609. The minimum absolute atomic E-state index is 0.129. The Morgan fingerprint density at radius 2 is 2.35 bits per heavy atom. The van der Waals surface area contributed by atoms with E-state index in [4.69, 9.17) is 16.3 Å². The van der Waals surface area contributed by atoms with Crippen LogP contribution in [0.15, 0.2) is 12.4 Å². The zero-order chi connectivity index (χ0) is 14.7. The third-order valence-corrected chi connectivity index (χ3v) is 4.23. The normalized spacial score (nSPS) is 12.4. The lowest BCUT2D eigenvalue weighted by atomic mass is 10.2. The Morgan fingerprint density at radius 3 is 2.90 bits per heavy atom. The summed E-state index contributed by atoms with van der Waals surface area (Å²) in [6.45, 7) is 4.01. The van der Waals surface area contributed by atoms with Crippen LogP contribution in [0.25, 0.3) is 0 Å². The summed E-state index contributed by atoms with van der Waals surface area (Å²) in [6.07, 6.45) is 4.80. The lowest BCUT2D eigenvalue weighted by Crippen LogP contribution is -2.08. The molecule has 0 amide bonds. The van der Waals surface area contributed by atoms with Crippen LogP contribution >= 0.6 is 22.9 Å². The molecule has 0 N–H and O–H groups in total. The zero-order valence-electron chi connectivity index (χ0n) is 11.6. The number of hydrogen-bond acceptors (Lipinski definition) is 5. The van der Waals surface area contributed by atoms with Gasteiger partial charge in [-0.25, -0.2) is 9.78 Å². The first-order valence-corrected chi connectivity index (χ1v) is 7.51. The van der Waals surface area contributed by atoms with Crippen LogP contribution in [0.2, 0.25) is 5.02 Å². The molecule has 0 aliphatic rings. The van der Waals surface area contributed by atoms with E-state index in [0.29, 0.717) is 22.7 Å². The summed E-state index contributed by atoms with van der Waals surface area (Å²) in [5, 5.41) is 5.70. The molecule has 0 saturated heterocycles. The van der Waals surface area contributed by atoms with Crippen LogP contribution in [0.1, 0.15) is 40.3 Å². The smallest absolute Gasteiger partial charge is 0.349 e. The first-order valence-electron chi connectivity index (χ1n) is 6.31. The SMILES string of the molecule is CCc1nc(C[C@H](C)n2cc(Cl)cn2)sc1C(=O)OC. The van der Waals surface area contributed by atoms with Gasteiger partial charge < -0.3 is 4.74 Å². The molecule has 0 bridgehead atoms. The van der Waals surface area contributed by atoms with Crippen LogP contribution in [0, 0.1) is 0 Å². The van der Waals surface area contributed by atoms with E-state index in [-0.39, 0.29) is 12.0 Å². The Labute approximate surface area is 126 Å². The van der Waals surface area contributed by atoms with Gasteiger partial charge in [0.2, 0.25) is 0 Å². The van der Waals surface area contributed by atoms with E-state index < -0.39 is 0 Å². The van der Waals surface area contributed by atoms with Gasteiger partial charge >= 0.3 is 5.97 Å². The molecular formula is C13H16ClN3O2S. The number of halogens is 1. The highest BCUT2D eigenvalue weighted by atomic mass is 35.5. The minimum Gasteiger partial charge on any atom is -0.465 e. The van der Waals surface area contributed by atoms with Crippen molar-refractivity contribution in [3.05, 3.63) is 33.0 Å². The van der Waals surface area contributed by atoms with Crippen molar-refractivity contribution in [2.75, 3.05) is 7.11 Å². The van der Waals surface area contributed by atoms with Crippen LogP contribution in [0.3, 0.4) is 0 Å². The molecule has 2 aromatic rings. The van der Waals surface area contributed by atoms with E-state index in [2.05, 4.69) is 10.1 Å². The molecular weight excluding hydrogens is 298 g/mol. The molecule has 0 radical (unpaired) electrons. The molecule has 2 heterocycles. The van der Waals surface area contributed by atoms with Crippen molar-refractivity contribution in [2.24, 2.45) is 0 Å². The monoisotopic (exact) mass is 313 g/mol. The Hall–Kier alpha value is -1.40. The number of aromatic nitrogens is 3. The molecule has 0 aromatic carbocycles. The molecule has 0 unspecified atom stereocenters. The van der Waals surface area contributed by atoms with Crippen molar-refractivity contribution in [3.8, 4) is 0 Å². The molecule has 0 aliphatic heterocycles. The number of nitrogens with zero attached hydrogens (tertiary/aromatic N) is 3. The Kier molecular flexibility index (Phi) is 4.77. The van der Waals surface area contributed by atoms with Crippen LogP contribution in [0.5, 0.6) is 0 Å². The van der Waals surface area contributed by atoms with E-state index in [0.717, 1.165) is 10.7 Å². The maximum absolute atomic E-state index is 11.7. The van der Waals surface area contributed by atoms with Crippen molar-refractivity contribution in [1.29, 1.82) is 0 Å². The van der Waals surface area contributed by atoms with Gasteiger partial charge in [-0.3, -0.25) is 4.68 Å². The molecule has 108 valence electrons. The van der Waals surface area contributed by atoms with Crippen LogP contribution in [-0.4, -0.2) is 27.8 Å². The number of carbonyl (C=O) groups is 1. The van der Waals surface area contributed by atoms with Crippen molar-refractivity contribution >= 4 is 28.9 Å². The van der Waals surface area contributed by atoms with Gasteiger partial charge in [0.25, 0.3) is 0 Å². The van der Waals surface area contributed by atoms with Gasteiger partial charge in [-0.2, -0.15) is 5.10 Å². The summed E-state index contributed by atoms with van der Waals surface area (Å²) in [6, 6.07) is 0.129. The molecule has 0 saturated carbocycles. The molecule has 0 aliphatic carbocycles. The van der Waals surface area contributed by atoms with Crippen LogP contribution < -0.4 is 0 Å². The molecule has 2 rings (SSSR count). The molecule has 0 fully saturated rings. The lowest BCUT2D eigenvalue weighted by Gasteiger charge is -2.09. The molecule has 20 heavy (non-hydrogen) atoms. The van der Waals surface area contributed by atoms with Crippen LogP contribution in [-0.2, 0) is 17.6 Å². The van der Waals surface area contributed by atoms with Gasteiger partial charge in [0, 0.05) is 12.6 Å². The fourth-order valence-electron chi connectivity index (χ4n) is 1.88. The number of esters is 1. The van der Waals surface area contributed by atoms with Crippen molar-refractivity contribution < 1.29 is 9.53 Å². The molecule has 2 aromatic heterocycles. The third kappa shape index (κ3) is 3.19. The fraction of sp³-hybridized carbons (Fsp3) is 0.462. The summed E-state index contributed by atoms with van der Waals surface area (Å²) >= 11 is 7.25. The number of rotatable bonds is 5. The van der Waals surface area contributed by atoms with Gasteiger partial charge in [0.05, 0.1) is 35.1 Å². The molecule has 1 atom stereocenters. The van der Waals surface area contributed by atoms with Crippen molar-refractivity contribution in [2.45, 2.75) is 32.7 Å². The van der Waals surface area contributed by atoms with Gasteiger partial charge in [-0.15, -0.1) is 11.3 Å². The quantitative estimate of drug-likeness (QED) is 0.796. The second-order valence-corrected chi connectivity index (χ2v) is 5.94. The topological polar surface area (TPSA) is 57.0 Å². The number of aryl methyl sites for hydroxylation is 1. The lowest BCUT2D eigenvalue weighted by molar-refractivity contribution is 0.0605. The summed E-state index contributed by atoms with van der Waals surface area (Å²) in [5.41, 5.74) is 0.794. The summed E-state index contributed by atoms with van der Waals surface area (Å²) in [7, 11) is 1.38. The van der Waals surface area contributed by atoms with E-state index in [1.807, 2.05) is 13.8 Å². The number of thiazole rings is 1. The number of ether oxygens (including phenoxy) is 1. The molecule has 5 nitrogen and oxygen atoms in total. The summed E-state index contributed by atoms with van der Waals surface area (Å²) in [5.74, 6) is -0.319. The summed E-state index contributed by atoms with van der Waals surface area (Å²) < 4.78 is 6.58. The van der Waals surface area contributed by atoms with E-state index >= 15 is 0 Å². The first-order chi connectivity index (χ1) is 9.55. The molecule has 0 spiro atoms. The van der Waals surface area contributed by atoms with E-state index in [1.54, 1.807) is 17.1 Å². The van der Waals surface area contributed by atoms with Crippen molar-refractivity contribution in [3.63, 3.8) is 0 Å². The van der Waals surface area contributed by atoms with Gasteiger partial charge in [-0.05, 0) is 13.3 Å². The second kappa shape index (κ2) is 6.37. The number of hydrogen-bond donors (Lipinski definition) is 0. The standard InChI is InChI=1S/C13H16ClN3O2S/c1-4-10-12(13(18)19-3)20-11(16-10)5-8(2)17-7-9(14)6-15-17/h6-8H,4-5H2,1-3H3/t8-/m0/s1. The average Bonchev–Trinajstić information content (AvgIpc) is 3.04. The average molecular weight is 314 g/mol. The van der Waals surface area contributed by atoms with Gasteiger partial charge in [0.1, 0.15) is 4.88 Å². The largest absolute Gasteiger partial charge is 0.465 e. The fourth-order valence-corrected chi connectivity index (χ4v) is 3.22. The predicted octanol–water partition coefficient (Wildman–Crippen LogP) is 3.15. The van der Waals surface area contributed by atoms with Crippen LogP contribution in [0.4, 0.5) is 0 Å². The number of carbonyl (C=O) groups excluding carboxylic acids is 1. The minimum atomic E-state index is -0.319. The highest BCUT2D eigenvalue weighted by molar-refractivity contribution is 7.13. The third-order valence-electron chi connectivity index (χ3n) is 2.94. The number of methoxy groups -OCH3 is 1. The maximum Gasteiger partial charge on any atom is 0.349 e. The summed E-state index contributed by atoms with van der Waals surface area (Å²) in [4.78, 5) is 16.8. The molecule has 7 heteroatoms. The van der Waals surface area contributed by atoms with E-state index in [1.165, 1.54) is 18.4 Å². The van der Waals surface area contributed by atoms with Crippen molar-refractivity contribution in [1.82, 2.24) is 14.8 Å². The second-order valence-electron chi connectivity index (χ2n) is 4.42. The maximum atomic E-state index is 11.7. The van der Waals surface area contributed by atoms with E-state index in [9.17, 15) is 4.79 Å². The zero-order valence-corrected chi connectivity index (χ0v) is 13.2. The first kappa shape index (κ1) is 15.0. The Morgan fingerprint density at radius 1 is 1.60 bits per heavy atom.